The maximum Gasteiger partial charge on any atom is 0.223 e. The van der Waals surface area contributed by atoms with Crippen LogP contribution in [0.4, 0.5) is 5.69 Å². The first-order valence-corrected chi connectivity index (χ1v) is 10.1. The molecule has 1 fully saturated rings. The summed E-state index contributed by atoms with van der Waals surface area (Å²) >= 11 is 0. The van der Waals surface area contributed by atoms with Crippen LogP contribution in [-0.4, -0.2) is 24.2 Å². The molecule has 1 amide bonds. The van der Waals surface area contributed by atoms with Crippen molar-refractivity contribution in [3.63, 3.8) is 0 Å². The number of hydrogen-bond acceptors (Lipinski definition) is 3. The second kappa shape index (κ2) is 5.87. The van der Waals surface area contributed by atoms with E-state index < -0.39 is 5.66 Å². The fraction of sp³-hybridized carbons (Fsp3) is 0.375. The Kier molecular flexibility index (Phi) is 3.64. The number of hydrogen-bond donors (Lipinski definition) is 1. The molecule has 0 bridgehead atoms. The first-order valence-electron chi connectivity index (χ1n) is 10.1. The molecule has 4 heteroatoms. The first-order chi connectivity index (χ1) is 13.4. The van der Waals surface area contributed by atoms with Crippen LogP contribution in [0, 0.1) is 0 Å². The molecule has 28 heavy (non-hydrogen) atoms. The molecule has 1 saturated heterocycles. The Hall–Kier alpha value is -2.75. The molecule has 2 unspecified atom stereocenters. The fourth-order valence-corrected chi connectivity index (χ4v) is 5.06. The van der Waals surface area contributed by atoms with Crippen LogP contribution in [0.5, 0.6) is 5.75 Å². The summed E-state index contributed by atoms with van der Waals surface area (Å²) in [6, 6.07) is 14.9. The number of nitrogens with zero attached hydrogens (tertiary/aromatic N) is 1. The minimum absolute atomic E-state index is 0.105. The van der Waals surface area contributed by atoms with Crippen molar-refractivity contribution in [2.24, 2.45) is 0 Å². The van der Waals surface area contributed by atoms with Gasteiger partial charge in [0.25, 0.3) is 0 Å². The van der Waals surface area contributed by atoms with Gasteiger partial charge in [-0.3, -0.25) is 4.79 Å². The van der Waals surface area contributed by atoms with Gasteiger partial charge in [0.2, 0.25) is 5.91 Å². The van der Waals surface area contributed by atoms with Gasteiger partial charge < -0.3 is 15.0 Å². The van der Waals surface area contributed by atoms with E-state index in [4.69, 9.17) is 4.74 Å². The van der Waals surface area contributed by atoms with Gasteiger partial charge in [0.1, 0.15) is 17.5 Å². The van der Waals surface area contributed by atoms with Gasteiger partial charge in [0.15, 0.2) is 0 Å². The van der Waals surface area contributed by atoms with Crippen molar-refractivity contribution in [1.29, 1.82) is 0 Å². The SMILES string of the molecule is CC1Cc2ccc(/C=C/C34NC(=O)CCN3c3ccccc3C4(C)C)cc2O1. The van der Waals surface area contributed by atoms with Crippen LogP contribution in [0.1, 0.15) is 43.9 Å². The smallest absolute Gasteiger partial charge is 0.223 e. The van der Waals surface area contributed by atoms with E-state index in [1.807, 2.05) is 0 Å². The van der Waals surface area contributed by atoms with E-state index >= 15 is 0 Å². The molecule has 1 N–H and O–H groups in total. The Balaban J connectivity index is 1.58. The van der Waals surface area contributed by atoms with Crippen LogP contribution >= 0.6 is 0 Å². The molecule has 2 atom stereocenters. The summed E-state index contributed by atoms with van der Waals surface area (Å²) in [6.07, 6.45) is 6.02. The molecule has 144 valence electrons. The highest BCUT2D eigenvalue weighted by Gasteiger charge is 2.57. The zero-order chi connectivity index (χ0) is 19.5. The van der Waals surface area contributed by atoms with Gasteiger partial charge in [-0.25, -0.2) is 0 Å². The van der Waals surface area contributed by atoms with Crippen molar-refractivity contribution in [2.45, 2.75) is 50.8 Å². The van der Waals surface area contributed by atoms with Crippen LogP contribution in [-0.2, 0) is 16.6 Å². The number of carbonyl (C=O) groups is 1. The predicted octanol–water partition coefficient (Wildman–Crippen LogP) is 4.04. The summed E-state index contributed by atoms with van der Waals surface area (Å²) in [5.41, 5.74) is 4.02. The number of para-hydroxylation sites is 1. The molecule has 0 aromatic heterocycles. The summed E-state index contributed by atoms with van der Waals surface area (Å²) in [4.78, 5) is 14.8. The molecule has 0 saturated carbocycles. The third-order valence-corrected chi connectivity index (χ3v) is 6.58. The van der Waals surface area contributed by atoms with Crippen molar-refractivity contribution >= 4 is 17.7 Å². The molecule has 3 heterocycles. The van der Waals surface area contributed by atoms with Gasteiger partial charge in [-0.15, -0.1) is 0 Å². The Morgan fingerprint density at radius 1 is 1.21 bits per heavy atom. The highest BCUT2D eigenvalue weighted by molar-refractivity contribution is 5.84. The molecule has 3 aliphatic heterocycles. The van der Waals surface area contributed by atoms with Crippen LogP contribution in [0.3, 0.4) is 0 Å². The number of fused-ring (bicyclic) bond motifs is 4. The number of anilines is 1. The summed E-state index contributed by atoms with van der Waals surface area (Å²) < 4.78 is 5.92. The van der Waals surface area contributed by atoms with E-state index in [9.17, 15) is 4.79 Å². The molecule has 4 nitrogen and oxygen atoms in total. The number of carbonyl (C=O) groups excluding carboxylic acids is 1. The Labute approximate surface area is 166 Å². The summed E-state index contributed by atoms with van der Waals surface area (Å²) in [6.45, 7) is 7.26. The van der Waals surface area contributed by atoms with E-state index in [2.05, 4.69) is 85.6 Å². The third kappa shape index (κ3) is 2.33. The minimum atomic E-state index is -0.570. The van der Waals surface area contributed by atoms with Crippen molar-refractivity contribution in [1.82, 2.24) is 5.32 Å². The van der Waals surface area contributed by atoms with Crippen molar-refractivity contribution in [3.05, 3.63) is 65.2 Å². The number of benzene rings is 2. The number of rotatable bonds is 2. The van der Waals surface area contributed by atoms with Crippen molar-refractivity contribution in [3.8, 4) is 5.75 Å². The lowest BCUT2D eigenvalue weighted by atomic mass is 9.74. The number of nitrogens with one attached hydrogen (secondary N) is 1. The van der Waals surface area contributed by atoms with E-state index in [0.717, 1.165) is 24.3 Å². The largest absolute Gasteiger partial charge is 0.490 e. The Morgan fingerprint density at radius 3 is 2.89 bits per heavy atom. The lowest BCUT2D eigenvalue weighted by Gasteiger charge is -2.49. The normalized spacial score (nSPS) is 27.2. The number of ether oxygens (including phenoxy) is 1. The molecular formula is C24H26N2O2. The van der Waals surface area contributed by atoms with Gasteiger partial charge >= 0.3 is 0 Å². The highest BCUT2D eigenvalue weighted by Crippen LogP contribution is 2.52. The van der Waals surface area contributed by atoms with Gasteiger partial charge in [0.05, 0.1) is 0 Å². The first kappa shape index (κ1) is 17.4. The molecule has 5 rings (SSSR count). The maximum atomic E-state index is 12.5. The minimum Gasteiger partial charge on any atom is -0.490 e. The second-order valence-corrected chi connectivity index (χ2v) is 8.69. The average molecular weight is 374 g/mol. The molecule has 0 spiro atoms. The van der Waals surface area contributed by atoms with Crippen LogP contribution in [0.25, 0.3) is 6.08 Å². The van der Waals surface area contributed by atoms with E-state index in [1.165, 1.54) is 16.8 Å². The van der Waals surface area contributed by atoms with Crippen molar-refractivity contribution < 1.29 is 9.53 Å². The Morgan fingerprint density at radius 2 is 2.04 bits per heavy atom. The summed E-state index contributed by atoms with van der Waals surface area (Å²) in [7, 11) is 0. The van der Waals surface area contributed by atoms with E-state index in [0.29, 0.717) is 6.42 Å². The van der Waals surface area contributed by atoms with Crippen molar-refractivity contribution in [2.75, 3.05) is 11.4 Å². The molecule has 2 aromatic carbocycles. The van der Waals surface area contributed by atoms with Crippen LogP contribution < -0.4 is 15.0 Å². The zero-order valence-corrected chi connectivity index (χ0v) is 16.7. The Bertz CT molecular complexity index is 994. The summed E-state index contributed by atoms with van der Waals surface area (Å²) in [5.74, 6) is 1.08. The predicted molar refractivity (Wildman–Crippen MR) is 112 cm³/mol. The molecule has 0 aliphatic carbocycles. The third-order valence-electron chi connectivity index (χ3n) is 6.58. The van der Waals surface area contributed by atoms with Gasteiger partial charge in [-0.2, -0.15) is 0 Å². The van der Waals surface area contributed by atoms with Gasteiger partial charge in [-0.1, -0.05) is 50.3 Å². The summed E-state index contributed by atoms with van der Waals surface area (Å²) in [5, 5.41) is 3.33. The quantitative estimate of drug-likeness (QED) is 0.863. The number of amides is 1. The standard InChI is InChI=1S/C24H26N2O2/c1-16-14-18-9-8-17(15-21(18)28-16)10-12-24-23(2,3)19-6-4-5-7-20(19)26(24)13-11-22(27)25-24/h4-10,12,15-16H,11,13-14H2,1-3H3,(H,25,27)/b12-10+. The van der Waals surface area contributed by atoms with E-state index in [1.54, 1.807) is 0 Å². The van der Waals surface area contributed by atoms with Gasteiger partial charge in [-0.05, 0) is 41.8 Å². The van der Waals surface area contributed by atoms with E-state index in [-0.39, 0.29) is 17.4 Å². The van der Waals surface area contributed by atoms with Gasteiger partial charge in [0, 0.05) is 30.5 Å². The lowest BCUT2D eigenvalue weighted by molar-refractivity contribution is -0.124. The average Bonchev–Trinajstić information content (AvgIpc) is 3.13. The van der Waals surface area contributed by atoms with Crippen LogP contribution in [0.2, 0.25) is 0 Å². The highest BCUT2D eigenvalue weighted by atomic mass is 16.5. The van der Waals surface area contributed by atoms with Crippen LogP contribution in [0.15, 0.2) is 48.5 Å². The topological polar surface area (TPSA) is 41.6 Å². The maximum absolute atomic E-state index is 12.5. The lowest BCUT2D eigenvalue weighted by Crippen LogP contribution is -2.68. The zero-order valence-electron chi connectivity index (χ0n) is 16.7. The molecule has 3 aliphatic rings. The fourth-order valence-electron chi connectivity index (χ4n) is 5.06. The molecular weight excluding hydrogens is 348 g/mol. The monoisotopic (exact) mass is 374 g/mol. The molecule has 0 radical (unpaired) electrons. The molecule has 2 aromatic rings. The second-order valence-electron chi connectivity index (χ2n) is 8.69.